The Labute approximate surface area is 78.5 Å². The molecule has 1 atom stereocenters. The average molecular weight is 193 g/mol. The Hall–Kier alpha value is -0.650. The van der Waals surface area contributed by atoms with E-state index < -0.39 is 5.97 Å². The van der Waals surface area contributed by atoms with Crippen molar-refractivity contribution in [2.24, 2.45) is 0 Å². The molecule has 80 valence electrons. The molecule has 0 aromatic carbocycles. The lowest BCUT2D eigenvalue weighted by Crippen LogP contribution is -2.45. The summed E-state index contributed by atoms with van der Waals surface area (Å²) in [7, 11) is 3.82. The second kappa shape index (κ2) is 5.90. The Balaban J connectivity index is 0. The molecule has 5 nitrogen and oxygen atoms in total. The van der Waals surface area contributed by atoms with Gasteiger partial charge in [-0.2, -0.15) is 0 Å². The fourth-order valence-corrected chi connectivity index (χ4v) is 1.20. The first kappa shape index (κ1) is 14.9. The smallest absolute Gasteiger partial charge is 0.309 e. The van der Waals surface area contributed by atoms with Crippen molar-refractivity contribution in [3.63, 3.8) is 0 Å². The third-order valence-corrected chi connectivity index (χ3v) is 1.69. The Morgan fingerprint density at radius 3 is 2.23 bits per heavy atom. The zero-order chi connectivity index (χ0) is 9.78. The van der Waals surface area contributed by atoms with E-state index >= 15 is 0 Å². The van der Waals surface area contributed by atoms with Crippen LogP contribution in [0.15, 0.2) is 0 Å². The van der Waals surface area contributed by atoms with E-state index in [4.69, 9.17) is 10.2 Å². The molecule has 0 saturated heterocycles. The normalized spacial score (nSPS) is 13.2. The molecular weight excluding hydrogens is 174 g/mol. The van der Waals surface area contributed by atoms with Crippen molar-refractivity contribution in [1.29, 1.82) is 0 Å². The largest absolute Gasteiger partial charge is 0.870 e. The summed E-state index contributed by atoms with van der Waals surface area (Å²) < 4.78 is 0.546. The quantitative estimate of drug-likeness (QED) is 0.589. The summed E-state index contributed by atoms with van der Waals surface area (Å²) in [5.41, 5.74) is 0. The van der Waals surface area contributed by atoms with Crippen LogP contribution in [0, 0.1) is 0 Å². The van der Waals surface area contributed by atoms with Gasteiger partial charge in [0.05, 0.1) is 27.1 Å². The van der Waals surface area contributed by atoms with Crippen LogP contribution in [0.25, 0.3) is 0 Å². The molecule has 0 saturated carbocycles. The van der Waals surface area contributed by atoms with Crippen LogP contribution in [0.5, 0.6) is 0 Å². The van der Waals surface area contributed by atoms with E-state index in [1.807, 2.05) is 14.1 Å². The molecule has 0 aliphatic heterocycles. The SMILES string of the molecule is CC(O)C[N+](C)(C)CCC(=O)O.[OH-]. The minimum atomic E-state index is -0.785. The number of quaternary nitrogens is 1. The van der Waals surface area contributed by atoms with Gasteiger partial charge >= 0.3 is 5.97 Å². The van der Waals surface area contributed by atoms with E-state index in [0.29, 0.717) is 17.6 Å². The second-order valence-electron chi connectivity index (χ2n) is 3.83. The lowest BCUT2D eigenvalue weighted by atomic mass is 10.3. The summed E-state index contributed by atoms with van der Waals surface area (Å²) in [6.45, 7) is 2.86. The number of aliphatic hydroxyl groups is 1. The summed E-state index contributed by atoms with van der Waals surface area (Å²) in [5, 5.41) is 17.5. The summed E-state index contributed by atoms with van der Waals surface area (Å²) in [4.78, 5) is 10.3. The predicted octanol–water partition coefficient (Wildman–Crippen LogP) is -0.258. The summed E-state index contributed by atoms with van der Waals surface area (Å²) in [6.07, 6.45) is -0.228. The van der Waals surface area contributed by atoms with Gasteiger partial charge in [0.2, 0.25) is 0 Å². The first-order valence-corrected chi connectivity index (χ1v) is 4.05. The number of aliphatic hydroxyl groups excluding tert-OH is 1. The number of nitrogens with zero attached hydrogens (tertiary/aromatic N) is 1. The highest BCUT2D eigenvalue weighted by atomic mass is 16.4. The highest BCUT2D eigenvalue weighted by Gasteiger charge is 2.18. The molecule has 5 heteroatoms. The van der Waals surface area contributed by atoms with E-state index in [0.717, 1.165) is 0 Å². The lowest BCUT2D eigenvalue weighted by Gasteiger charge is -2.30. The molecule has 0 amide bonds. The molecule has 0 aliphatic rings. The van der Waals surface area contributed by atoms with E-state index in [9.17, 15) is 4.79 Å². The monoisotopic (exact) mass is 193 g/mol. The number of aliphatic carboxylic acids is 1. The summed E-state index contributed by atoms with van der Waals surface area (Å²) >= 11 is 0. The van der Waals surface area contributed by atoms with Crippen molar-refractivity contribution < 1.29 is 25.0 Å². The van der Waals surface area contributed by atoms with Crippen LogP contribution in [0.4, 0.5) is 0 Å². The van der Waals surface area contributed by atoms with Crippen molar-refractivity contribution in [3.05, 3.63) is 0 Å². The van der Waals surface area contributed by atoms with Crippen LogP contribution in [0.1, 0.15) is 13.3 Å². The number of carbonyl (C=O) groups is 1. The summed E-state index contributed by atoms with van der Waals surface area (Å²) in [5.74, 6) is -0.785. The first-order chi connectivity index (χ1) is 5.33. The Morgan fingerprint density at radius 1 is 1.46 bits per heavy atom. The standard InChI is InChI=1S/C8H17NO3.H2O/c1-7(10)6-9(2,3)5-4-8(11)12;/h7,10H,4-6H2,1-3H3;1H2. The number of hydrogen-bond acceptors (Lipinski definition) is 3. The molecule has 3 N–H and O–H groups in total. The number of rotatable bonds is 5. The molecular formula is C8H19NO4. The number of hydrogen-bond donors (Lipinski definition) is 2. The fourth-order valence-electron chi connectivity index (χ4n) is 1.20. The van der Waals surface area contributed by atoms with Crippen molar-refractivity contribution in [3.8, 4) is 0 Å². The molecule has 0 bridgehead atoms. The third-order valence-electron chi connectivity index (χ3n) is 1.69. The fraction of sp³-hybridized carbons (Fsp3) is 0.875. The van der Waals surface area contributed by atoms with Gasteiger partial charge in [0, 0.05) is 0 Å². The van der Waals surface area contributed by atoms with Crippen LogP contribution >= 0.6 is 0 Å². The molecule has 1 unspecified atom stereocenters. The van der Waals surface area contributed by atoms with Gasteiger partial charge in [-0.15, -0.1) is 0 Å². The first-order valence-electron chi connectivity index (χ1n) is 4.05. The van der Waals surface area contributed by atoms with Gasteiger partial charge in [-0.3, -0.25) is 4.79 Å². The minimum absolute atomic E-state index is 0. The number of carboxylic acids is 1. The predicted molar refractivity (Wildman–Crippen MR) is 47.7 cm³/mol. The van der Waals surface area contributed by atoms with Gasteiger partial charge in [-0.25, -0.2) is 0 Å². The van der Waals surface area contributed by atoms with E-state index in [2.05, 4.69) is 0 Å². The van der Waals surface area contributed by atoms with Gasteiger partial charge in [-0.1, -0.05) is 0 Å². The van der Waals surface area contributed by atoms with Crippen LogP contribution in [-0.2, 0) is 4.79 Å². The van der Waals surface area contributed by atoms with Crippen LogP contribution in [0.3, 0.4) is 0 Å². The second-order valence-corrected chi connectivity index (χ2v) is 3.83. The van der Waals surface area contributed by atoms with Crippen LogP contribution in [-0.4, -0.2) is 59.4 Å². The maximum Gasteiger partial charge on any atom is 0.309 e. The van der Waals surface area contributed by atoms with E-state index in [1.165, 1.54) is 0 Å². The minimum Gasteiger partial charge on any atom is -0.870 e. The van der Waals surface area contributed by atoms with Gasteiger partial charge < -0.3 is 20.2 Å². The van der Waals surface area contributed by atoms with Crippen molar-refractivity contribution in [1.82, 2.24) is 0 Å². The molecule has 0 aliphatic carbocycles. The molecule has 0 aromatic rings. The zero-order valence-corrected chi connectivity index (χ0v) is 8.40. The van der Waals surface area contributed by atoms with Gasteiger partial charge in [0.15, 0.2) is 0 Å². The molecule has 0 rings (SSSR count). The Morgan fingerprint density at radius 2 is 1.92 bits per heavy atom. The maximum absolute atomic E-state index is 10.3. The highest BCUT2D eigenvalue weighted by molar-refractivity contribution is 5.66. The Kier molecular flexibility index (Phi) is 6.75. The topological polar surface area (TPSA) is 87.5 Å². The van der Waals surface area contributed by atoms with Crippen molar-refractivity contribution in [2.45, 2.75) is 19.4 Å². The van der Waals surface area contributed by atoms with E-state index in [-0.39, 0.29) is 18.0 Å². The van der Waals surface area contributed by atoms with E-state index in [1.54, 1.807) is 6.92 Å². The molecule has 0 spiro atoms. The molecule has 0 radical (unpaired) electrons. The van der Waals surface area contributed by atoms with Crippen LogP contribution in [0.2, 0.25) is 0 Å². The number of carboxylic acid groups (broad SMARTS) is 1. The average Bonchev–Trinajstić information content (AvgIpc) is 1.81. The maximum atomic E-state index is 10.3. The van der Waals surface area contributed by atoms with Crippen LogP contribution < -0.4 is 0 Å². The molecule has 13 heavy (non-hydrogen) atoms. The zero-order valence-electron chi connectivity index (χ0n) is 8.40. The molecule has 0 fully saturated rings. The van der Waals surface area contributed by atoms with Gasteiger partial charge in [-0.05, 0) is 6.92 Å². The Bertz CT molecular complexity index is 156. The van der Waals surface area contributed by atoms with Gasteiger partial charge in [0.25, 0.3) is 0 Å². The lowest BCUT2D eigenvalue weighted by molar-refractivity contribution is -0.892. The van der Waals surface area contributed by atoms with Gasteiger partial charge in [0.1, 0.15) is 12.6 Å². The molecule has 0 aromatic heterocycles. The number of likely N-dealkylation sites (N-methyl/N-ethyl adjacent to an activating group) is 1. The molecule has 0 heterocycles. The highest BCUT2D eigenvalue weighted by Crippen LogP contribution is 2.01. The van der Waals surface area contributed by atoms with Crippen molar-refractivity contribution >= 4 is 5.97 Å². The third kappa shape index (κ3) is 9.26. The summed E-state index contributed by atoms with van der Waals surface area (Å²) in [6, 6.07) is 0. The van der Waals surface area contributed by atoms with Crippen molar-refractivity contribution in [2.75, 3.05) is 27.2 Å².